The minimum atomic E-state index is 0.146. The lowest BCUT2D eigenvalue weighted by Gasteiger charge is -2.24. The first-order valence-electron chi connectivity index (χ1n) is 6.22. The number of fused-ring (bicyclic) bond motifs is 1. The third kappa shape index (κ3) is 2.22. The smallest absolute Gasteiger partial charge is 0.123 e. The molecule has 0 saturated heterocycles. The molecule has 0 spiro atoms. The predicted octanol–water partition coefficient (Wildman–Crippen LogP) is 2.75. The van der Waals surface area contributed by atoms with E-state index in [-0.39, 0.29) is 12.1 Å². The summed E-state index contributed by atoms with van der Waals surface area (Å²) in [5.41, 5.74) is 7.56. The Morgan fingerprint density at radius 3 is 2.88 bits per heavy atom. The standard InChI is InChI=1S/C14H21NO/c1-3-6-10(2)14(15)13-9-11-7-4-5-8-12(11)16-13/h4-5,7-8,10,13-14H,3,6,9,15H2,1-2H3. The number of hydrogen-bond acceptors (Lipinski definition) is 2. The van der Waals surface area contributed by atoms with Crippen molar-refractivity contribution >= 4 is 0 Å². The quantitative estimate of drug-likeness (QED) is 0.845. The van der Waals surface area contributed by atoms with E-state index in [1.165, 1.54) is 18.4 Å². The number of rotatable bonds is 4. The van der Waals surface area contributed by atoms with Crippen LogP contribution in [0.5, 0.6) is 5.75 Å². The number of nitrogens with two attached hydrogens (primary N) is 1. The summed E-state index contributed by atoms with van der Waals surface area (Å²) < 4.78 is 5.91. The van der Waals surface area contributed by atoms with Gasteiger partial charge in [0.25, 0.3) is 0 Å². The third-order valence-electron chi connectivity index (χ3n) is 3.50. The van der Waals surface area contributed by atoms with Crippen molar-refractivity contribution in [2.24, 2.45) is 11.7 Å². The van der Waals surface area contributed by atoms with E-state index in [0.717, 1.165) is 12.2 Å². The van der Waals surface area contributed by atoms with E-state index >= 15 is 0 Å². The molecule has 1 aromatic rings. The second kappa shape index (κ2) is 4.88. The van der Waals surface area contributed by atoms with E-state index in [1.807, 2.05) is 12.1 Å². The van der Waals surface area contributed by atoms with Gasteiger partial charge >= 0.3 is 0 Å². The summed E-state index contributed by atoms with van der Waals surface area (Å²) in [6.45, 7) is 4.42. The molecule has 2 heteroatoms. The molecule has 0 saturated carbocycles. The van der Waals surface area contributed by atoms with Gasteiger partial charge in [-0.2, -0.15) is 0 Å². The van der Waals surface area contributed by atoms with Gasteiger partial charge in [-0.15, -0.1) is 0 Å². The van der Waals surface area contributed by atoms with Crippen LogP contribution in [0.2, 0.25) is 0 Å². The highest BCUT2D eigenvalue weighted by Gasteiger charge is 2.30. The van der Waals surface area contributed by atoms with Crippen LogP contribution in [0.25, 0.3) is 0 Å². The largest absolute Gasteiger partial charge is 0.488 e. The number of para-hydroxylation sites is 1. The molecular weight excluding hydrogens is 198 g/mol. The lowest BCUT2D eigenvalue weighted by Crippen LogP contribution is -2.42. The van der Waals surface area contributed by atoms with Gasteiger partial charge in [-0.1, -0.05) is 38.5 Å². The summed E-state index contributed by atoms with van der Waals surface area (Å²) >= 11 is 0. The van der Waals surface area contributed by atoms with E-state index in [9.17, 15) is 0 Å². The highest BCUT2D eigenvalue weighted by Crippen LogP contribution is 2.31. The zero-order chi connectivity index (χ0) is 11.5. The highest BCUT2D eigenvalue weighted by molar-refractivity contribution is 5.37. The van der Waals surface area contributed by atoms with Crippen LogP contribution < -0.4 is 10.5 Å². The van der Waals surface area contributed by atoms with E-state index in [2.05, 4.69) is 26.0 Å². The molecule has 3 unspecified atom stereocenters. The maximum Gasteiger partial charge on any atom is 0.123 e. The first-order chi connectivity index (χ1) is 7.72. The first kappa shape index (κ1) is 11.5. The molecule has 88 valence electrons. The van der Waals surface area contributed by atoms with Gasteiger partial charge in [0.1, 0.15) is 11.9 Å². The van der Waals surface area contributed by atoms with Gasteiger partial charge in [0.05, 0.1) is 0 Å². The van der Waals surface area contributed by atoms with Crippen molar-refractivity contribution < 1.29 is 4.74 Å². The second-order valence-corrected chi connectivity index (χ2v) is 4.81. The Balaban J connectivity index is 2.00. The van der Waals surface area contributed by atoms with Crippen LogP contribution in [-0.2, 0) is 6.42 Å². The van der Waals surface area contributed by atoms with E-state index in [0.29, 0.717) is 5.92 Å². The molecule has 1 heterocycles. The summed E-state index contributed by atoms with van der Waals surface area (Å²) in [7, 11) is 0. The molecule has 2 N–H and O–H groups in total. The number of hydrogen-bond donors (Lipinski definition) is 1. The minimum absolute atomic E-state index is 0.146. The number of ether oxygens (including phenoxy) is 1. The van der Waals surface area contributed by atoms with E-state index in [4.69, 9.17) is 10.5 Å². The zero-order valence-corrected chi connectivity index (χ0v) is 10.1. The zero-order valence-electron chi connectivity index (χ0n) is 10.1. The van der Waals surface area contributed by atoms with Crippen LogP contribution in [0, 0.1) is 5.92 Å². The van der Waals surface area contributed by atoms with Gasteiger partial charge in [0.2, 0.25) is 0 Å². The predicted molar refractivity (Wildman–Crippen MR) is 66.6 cm³/mol. The van der Waals surface area contributed by atoms with Crippen molar-refractivity contribution in [1.29, 1.82) is 0 Å². The van der Waals surface area contributed by atoms with Crippen molar-refractivity contribution in [3.63, 3.8) is 0 Å². The lowest BCUT2D eigenvalue weighted by molar-refractivity contribution is 0.165. The molecule has 0 fully saturated rings. The molecule has 0 aliphatic carbocycles. The molecule has 0 amide bonds. The van der Waals surface area contributed by atoms with Crippen LogP contribution in [-0.4, -0.2) is 12.1 Å². The van der Waals surface area contributed by atoms with Crippen molar-refractivity contribution in [1.82, 2.24) is 0 Å². The molecule has 0 radical (unpaired) electrons. The Morgan fingerprint density at radius 2 is 2.19 bits per heavy atom. The fourth-order valence-corrected chi connectivity index (χ4v) is 2.44. The van der Waals surface area contributed by atoms with Gasteiger partial charge in [0, 0.05) is 12.5 Å². The van der Waals surface area contributed by atoms with Gasteiger partial charge < -0.3 is 10.5 Å². The van der Waals surface area contributed by atoms with Crippen LogP contribution in [0.3, 0.4) is 0 Å². The maximum absolute atomic E-state index is 6.26. The normalized spacial score (nSPS) is 22.3. The topological polar surface area (TPSA) is 35.2 Å². The monoisotopic (exact) mass is 219 g/mol. The summed E-state index contributed by atoms with van der Waals surface area (Å²) in [5, 5.41) is 0. The first-order valence-corrected chi connectivity index (χ1v) is 6.22. The van der Waals surface area contributed by atoms with Crippen molar-refractivity contribution in [2.75, 3.05) is 0 Å². The summed E-state index contributed by atoms with van der Waals surface area (Å²) in [5.74, 6) is 1.55. The van der Waals surface area contributed by atoms with Crippen LogP contribution in [0.1, 0.15) is 32.3 Å². The number of benzene rings is 1. The molecule has 1 aliphatic heterocycles. The van der Waals surface area contributed by atoms with Crippen molar-refractivity contribution in [3.05, 3.63) is 29.8 Å². The highest BCUT2D eigenvalue weighted by atomic mass is 16.5. The summed E-state index contributed by atoms with van der Waals surface area (Å²) in [4.78, 5) is 0. The lowest BCUT2D eigenvalue weighted by atomic mass is 9.91. The van der Waals surface area contributed by atoms with E-state index in [1.54, 1.807) is 0 Å². The Morgan fingerprint density at radius 1 is 1.44 bits per heavy atom. The summed E-state index contributed by atoms with van der Waals surface area (Å²) in [6, 6.07) is 8.39. The van der Waals surface area contributed by atoms with Gasteiger partial charge in [0.15, 0.2) is 0 Å². The van der Waals surface area contributed by atoms with Crippen LogP contribution in [0.15, 0.2) is 24.3 Å². The molecule has 16 heavy (non-hydrogen) atoms. The van der Waals surface area contributed by atoms with Gasteiger partial charge in [-0.25, -0.2) is 0 Å². The van der Waals surface area contributed by atoms with Crippen LogP contribution in [0.4, 0.5) is 0 Å². The Labute approximate surface area is 97.8 Å². The maximum atomic E-state index is 6.26. The molecule has 2 rings (SSSR count). The molecular formula is C14H21NO. The molecule has 1 aromatic carbocycles. The molecule has 0 aromatic heterocycles. The minimum Gasteiger partial charge on any atom is -0.488 e. The average molecular weight is 219 g/mol. The Kier molecular flexibility index (Phi) is 3.49. The molecule has 0 bridgehead atoms. The average Bonchev–Trinajstić information content (AvgIpc) is 2.71. The SMILES string of the molecule is CCCC(C)C(N)C1Cc2ccccc2O1. The summed E-state index contributed by atoms with van der Waals surface area (Å²) in [6.07, 6.45) is 3.50. The Hall–Kier alpha value is -1.02. The fourth-order valence-electron chi connectivity index (χ4n) is 2.44. The van der Waals surface area contributed by atoms with Gasteiger partial charge in [-0.05, 0) is 24.0 Å². The fraction of sp³-hybridized carbons (Fsp3) is 0.571. The van der Waals surface area contributed by atoms with Crippen molar-refractivity contribution in [3.8, 4) is 5.75 Å². The van der Waals surface area contributed by atoms with E-state index < -0.39 is 0 Å². The second-order valence-electron chi connectivity index (χ2n) is 4.81. The molecule has 1 aliphatic rings. The molecule has 3 atom stereocenters. The Bertz CT molecular complexity index is 325. The third-order valence-corrected chi connectivity index (χ3v) is 3.50. The van der Waals surface area contributed by atoms with Gasteiger partial charge in [-0.3, -0.25) is 0 Å². The van der Waals surface area contributed by atoms with Crippen LogP contribution >= 0.6 is 0 Å². The molecule has 2 nitrogen and oxygen atoms in total. The van der Waals surface area contributed by atoms with Crippen molar-refractivity contribution in [2.45, 2.75) is 45.3 Å².